The number of nitrogens with one attached hydrogen (secondary N) is 1. The normalized spacial score (nSPS) is 26.3. The van der Waals surface area contributed by atoms with Crippen molar-refractivity contribution in [3.63, 3.8) is 0 Å². The zero-order valence-electron chi connectivity index (χ0n) is 13.1. The number of hydrogen-bond donors (Lipinski definition) is 1. The summed E-state index contributed by atoms with van der Waals surface area (Å²) in [4.78, 5) is 26.7. The van der Waals surface area contributed by atoms with Gasteiger partial charge >= 0.3 is 0 Å². The summed E-state index contributed by atoms with van der Waals surface area (Å²) in [6.07, 6.45) is 2.88. The molecule has 0 bridgehead atoms. The third-order valence-corrected chi connectivity index (χ3v) is 3.94. The van der Waals surface area contributed by atoms with Gasteiger partial charge in [0.1, 0.15) is 12.1 Å². The smallest absolute Gasteiger partial charge is 0.246 e. The van der Waals surface area contributed by atoms with Gasteiger partial charge in [0.05, 0.1) is 0 Å². The van der Waals surface area contributed by atoms with Crippen LogP contribution in [0.4, 0.5) is 0 Å². The first-order valence-electron chi connectivity index (χ1n) is 7.36. The molecule has 4 nitrogen and oxygen atoms in total. The zero-order valence-corrected chi connectivity index (χ0v) is 13.1. The maximum absolute atomic E-state index is 12.7. The Kier molecular flexibility index (Phi) is 4.99. The van der Waals surface area contributed by atoms with E-state index in [9.17, 15) is 9.59 Å². The maximum atomic E-state index is 12.7. The van der Waals surface area contributed by atoms with Gasteiger partial charge in [0, 0.05) is 6.04 Å². The predicted octanol–water partition coefficient (Wildman–Crippen LogP) is 2.33. The minimum Gasteiger partial charge on any atom is -0.342 e. The average molecular weight is 268 g/mol. The molecule has 1 aliphatic heterocycles. The highest BCUT2D eigenvalue weighted by molar-refractivity contribution is 5.97. The van der Waals surface area contributed by atoms with Crippen LogP contribution in [-0.2, 0) is 9.59 Å². The molecule has 1 aliphatic rings. The molecule has 4 heteroatoms. The minimum absolute atomic E-state index is 0.0333. The Morgan fingerprint density at radius 3 is 2.26 bits per heavy atom. The van der Waals surface area contributed by atoms with Crippen LogP contribution in [0.3, 0.4) is 0 Å². The molecule has 1 saturated heterocycles. The summed E-state index contributed by atoms with van der Waals surface area (Å²) in [6, 6.07) is -0.604. The Morgan fingerprint density at radius 2 is 1.84 bits per heavy atom. The van der Waals surface area contributed by atoms with Crippen molar-refractivity contribution in [2.45, 2.75) is 78.9 Å². The molecule has 0 saturated carbocycles. The lowest BCUT2D eigenvalue weighted by Crippen LogP contribution is -2.67. The predicted molar refractivity (Wildman–Crippen MR) is 76.7 cm³/mol. The van der Waals surface area contributed by atoms with E-state index in [1.807, 2.05) is 32.6 Å². The van der Waals surface area contributed by atoms with Gasteiger partial charge in [0.25, 0.3) is 0 Å². The van der Waals surface area contributed by atoms with Crippen LogP contribution in [0.2, 0.25) is 0 Å². The molecule has 0 spiro atoms. The number of carbonyl (C=O) groups is 2. The number of carbonyl (C=O) groups excluding carboxylic acids is 2. The first-order valence-corrected chi connectivity index (χ1v) is 7.36. The second-order valence-electron chi connectivity index (χ2n) is 6.58. The molecule has 110 valence electrons. The lowest BCUT2D eigenvalue weighted by atomic mass is 9.83. The van der Waals surface area contributed by atoms with Crippen molar-refractivity contribution in [2.75, 3.05) is 0 Å². The lowest BCUT2D eigenvalue weighted by molar-refractivity contribution is -0.154. The van der Waals surface area contributed by atoms with Gasteiger partial charge in [-0.05, 0) is 25.2 Å². The van der Waals surface area contributed by atoms with E-state index in [2.05, 4.69) is 19.2 Å². The fourth-order valence-corrected chi connectivity index (χ4v) is 2.75. The van der Waals surface area contributed by atoms with Crippen LogP contribution in [0.25, 0.3) is 0 Å². The van der Waals surface area contributed by atoms with Crippen molar-refractivity contribution >= 4 is 11.8 Å². The molecule has 1 heterocycles. The topological polar surface area (TPSA) is 49.4 Å². The van der Waals surface area contributed by atoms with E-state index >= 15 is 0 Å². The van der Waals surface area contributed by atoms with E-state index in [1.54, 1.807) is 0 Å². The van der Waals surface area contributed by atoms with Crippen LogP contribution in [0.5, 0.6) is 0 Å². The molecule has 1 rings (SSSR count). The van der Waals surface area contributed by atoms with E-state index in [-0.39, 0.29) is 29.3 Å². The zero-order chi connectivity index (χ0) is 14.8. The minimum atomic E-state index is -0.415. The molecule has 3 unspecified atom stereocenters. The van der Waals surface area contributed by atoms with Gasteiger partial charge in [-0.25, -0.2) is 0 Å². The molecule has 1 N–H and O–H groups in total. The van der Waals surface area contributed by atoms with Crippen molar-refractivity contribution < 1.29 is 9.59 Å². The van der Waals surface area contributed by atoms with Crippen molar-refractivity contribution in [1.82, 2.24) is 10.2 Å². The number of nitrogens with zero attached hydrogens (tertiary/aromatic N) is 1. The SMILES string of the molecule is CCCC(CC)N1C(=O)C(C(C)(C)C)NC(=O)C1C. The summed E-state index contributed by atoms with van der Waals surface area (Å²) >= 11 is 0. The molecule has 3 atom stereocenters. The summed E-state index contributed by atoms with van der Waals surface area (Å²) in [5.74, 6) is 0.0361. The fourth-order valence-electron chi connectivity index (χ4n) is 2.75. The molecule has 1 fully saturated rings. The molecule has 0 radical (unpaired) electrons. The Labute approximate surface area is 116 Å². The molecule has 0 aromatic carbocycles. The summed E-state index contributed by atoms with van der Waals surface area (Å²) < 4.78 is 0. The molecule has 0 aliphatic carbocycles. The molecular formula is C15H28N2O2. The third kappa shape index (κ3) is 3.28. The quantitative estimate of drug-likeness (QED) is 0.850. The average Bonchev–Trinajstić information content (AvgIpc) is 2.31. The number of piperazine rings is 1. The van der Waals surface area contributed by atoms with Crippen molar-refractivity contribution in [3.05, 3.63) is 0 Å². The van der Waals surface area contributed by atoms with E-state index in [0.717, 1.165) is 19.3 Å². The van der Waals surface area contributed by atoms with Gasteiger partial charge in [0.2, 0.25) is 11.8 Å². The number of amides is 2. The largest absolute Gasteiger partial charge is 0.342 e. The van der Waals surface area contributed by atoms with Gasteiger partial charge in [0.15, 0.2) is 0 Å². The van der Waals surface area contributed by atoms with Crippen LogP contribution < -0.4 is 5.32 Å². The fraction of sp³-hybridized carbons (Fsp3) is 0.867. The lowest BCUT2D eigenvalue weighted by Gasteiger charge is -2.45. The molecule has 2 amide bonds. The molecule has 0 aromatic rings. The second kappa shape index (κ2) is 5.93. The molecular weight excluding hydrogens is 240 g/mol. The number of hydrogen-bond acceptors (Lipinski definition) is 2. The van der Waals surface area contributed by atoms with Crippen LogP contribution in [0.1, 0.15) is 60.8 Å². The van der Waals surface area contributed by atoms with Gasteiger partial charge < -0.3 is 10.2 Å². The summed E-state index contributed by atoms with van der Waals surface area (Å²) in [7, 11) is 0. The van der Waals surface area contributed by atoms with E-state index in [4.69, 9.17) is 0 Å². The van der Waals surface area contributed by atoms with Crippen molar-refractivity contribution in [2.24, 2.45) is 5.41 Å². The van der Waals surface area contributed by atoms with Crippen LogP contribution >= 0.6 is 0 Å². The van der Waals surface area contributed by atoms with E-state index in [1.165, 1.54) is 0 Å². The number of rotatable bonds is 4. The van der Waals surface area contributed by atoms with E-state index < -0.39 is 6.04 Å². The molecule has 0 aromatic heterocycles. The monoisotopic (exact) mass is 268 g/mol. The van der Waals surface area contributed by atoms with Gasteiger partial charge in [-0.2, -0.15) is 0 Å². The Morgan fingerprint density at radius 1 is 1.26 bits per heavy atom. The summed E-state index contributed by atoms with van der Waals surface area (Å²) in [5, 5.41) is 2.88. The maximum Gasteiger partial charge on any atom is 0.246 e. The summed E-state index contributed by atoms with van der Waals surface area (Å²) in [6.45, 7) is 12.0. The standard InChI is InChI=1S/C15H28N2O2/c1-7-9-11(8-2)17-10(3)13(18)16-12(14(17)19)15(4,5)6/h10-12H,7-9H2,1-6H3,(H,16,18). The van der Waals surface area contributed by atoms with Crippen molar-refractivity contribution in [3.8, 4) is 0 Å². The van der Waals surface area contributed by atoms with E-state index in [0.29, 0.717) is 0 Å². The van der Waals surface area contributed by atoms with Crippen molar-refractivity contribution in [1.29, 1.82) is 0 Å². The van der Waals surface area contributed by atoms with Gasteiger partial charge in [-0.1, -0.05) is 41.0 Å². The highest BCUT2D eigenvalue weighted by atomic mass is 16.2. The Bertz CT molecular complexity index is 347. The molecule has 19 heavy (non-hydrogen) atoms. The van der Waals surface area contributed by atoms with Crippen LogP contribution in [-0.4, -0.2) is 34.8 Å². The Balaban J connectivity index is 3.05. The second-order valence-corrected chi connectivity index (χ2v) is 6.58. The highest BCUT2D eigenvalue weighted by Crippen LogP contribution is 2.27. The first-order chi connectivity index (χ1) is 8.73. The third-order valence-electron chi connectivity index (χ3n) is 3.94. The summed E-state index contributed by atoms with van der Waals surface area (Å²) in [5.41, 5.74) is -0.254. The van der Waals surface area contributed by atoms with Gasteiger partial charge in [-0.15, -0.1) is 0 Å². The Hall–Kier alpha value is -1.06. The van der Waals surface area contributed by atoms with Crippen LogP contribution in [0, 0.1) is 5.41 Å². The first kappa shape index (κ1) is 16.0. The van der Waals surface area contributed by atoms with Gasteiger partial charge in [-0.3, -0.25) is 9.59 Å². The van der Waals surface area contributed by atoms with Crippen LogP contribution in [0.15, 0.2) is 0 Å². The highest BCUT2D eigenvalue weighted by Gasteiger charge is 2.45.